The lowest BCUT2D eigenvalue weighted by Gasteiger charge is -2.11. The van der Waals surface area contributed by atoms with Crippen LogP contribution >= 0.6 is 34.5 Å². The van der Waals surface area contributed by atoms with Crippen molar-refractivity contribution in [2.75, 3.05) is 13.1 Å². The minimum Gasteiger partial charge on any atom is -0.357 e. The Kier molecular flexibility index (Phi) is 8.06. The Morgan fingerprint density at radius 2 is 2.12 bits per heavy atom. The molecule has 2 N–H and O–H groups in total. The summed E-state index contributed by atoms with van der Waals surface area (Å²) in [5.74, 6) is 0.807. The van der Waals surface area contributed by atoms with E-state index in [1.54, 1.807) is 11.3 Å². The Bertz CT molecular complexity index is 708. The molecule has 0 aliphatic rings. The minimum atomic E-state index is 0.524. The van der Waals surface area contributed by atoms with Crippen LogP contribution in [-0.4, -0.2) is 28.6 Å². The standard InChI is InChI=1S/C17H25Cl2N5S/c1-4-20-17(22-10-13-9-14(18)16(19)24(13)3)21-8-6-5-7-15-23-12(2)11-25-15/h9,11H,4-8,10H2,1-3H3,(H2,20,21,22). The van der Waals surface area contributed by atoms with Crippen molar-refractivity contribution < 1.29 is 0 Å². The van der Waals surface area contributed by atoms with Crippen LogP contribution in [0.3, 0.4) is 0 Å². The Morgan fingerprint density at radius 3 is 2.72 bits per heavy atom. The average Bonchev–Trinajstić information content (AvgIpc) is 3.10. The molecule has 0 aliphatic heterocycles. The smallest absolute Gasteiger partial charge is 0.191 e. The number of aryl methyl sites for hydroxylation is 2. The summed E-state index contributed by atoms with van der Waals surface area (Å²) in [7, 11) is 1.89. The van der Waals surface area contributed by atoms with Gasteiger partial charge in [0.25, 0.3) is 0 Å². The Hall–Kier alpha value is -1.24. The Balaban J connectivity index is 1.78. The topological polar surface area (TPSA) is 54.2 Å². The van der Waals surface area contributed by atoms with Crippen molar-refractivity contribution in [1.29, 1.82) is 0 Å². The van der Waals surface area contributed by atoms with Crippen LogP contribution in [0.15, 0.2) is 16.4 Å². The molecule has 2 aromatic rings. The van der Waals surface area contributed by atoms with E-state index in [9.17, 15) is 0 Å². The largest absolute Gasteiger partial charge is 0.357 e. The van der Waals surface area contributed by atoms with E-state index >= 15 is 0 Å². The van der Waals surface area contributed by atoms with Crippen LogP contribution in [0.4, 0.5) is 0 Å². The van der Waals surface area contributed by atoms with Crippen LogP contribution in [-0.2, 0) is 20.0 Å². The van der Waals surface area contributed by atoms with Crippen LogP contribution < -0.4 is 10.6 Å². The van der Waals surface area contributed by atoms with Gasteiger partial charge in [-0.1, -0.05) is 23.2 Å². The molecule has 0 amide bonds. The molecule has 2 rings (SSSR count). The summed E-state index contributed by atoms with van der Waals surface area (Å²) < 4.78 is 1.85. The van der Waals surface area contributed by atoms with E-state index in [2.05, 4.69) is 32.9 Å². The van der Waals surface area contributed by atoms with Crippen LogP contribution in [0.25, 0.3) is 0 Å². The second kappa shape index (κ2) is 10.0. The summed E-state index contributed by atoms with van der Waals surface area (Å²) >= 11 is 13.9. The number of unbranched alkanes of at least 4 members (excludes halogenated alkanes) is 1. The van der Waals surface area contributed by atoms with E-state index in [1.165, 1.54) is 5.01 Å². The summed E-state index contributed by atoms with van der Waals surface area (Å²) in [6.45, 7) is 6.31. The molecular weight excluding hydrogens is 377 g/mol. The number of thiazole rings is 1. The van der Waals surface area contributed by atoms with E-state index in [0.717, 1.165) is 49.7 Å². The highest BCUT2D eigenvalue weighted by molar-refractivity contribution is 7.09. The quantitative estimate of drug-likeness (QED) is 0.396. The summed E-state index contributed by atoms with van der Waals surface area (Å²) in [6.07, 6.45) is 3.22. The summed E-state index contributed by atoms with van der Waals surface area (Å²) in [6, 6.07) is 1.85. The van der Waals surface area contributed by atoms with Gasteiger partial charge in [0, 0.05) is 36.9 Å². The van der Waals surface area contributed by atoms with Crippen molar-refractivity contribution in [3.8, 4) is 0 Å². The van der Waals surface area contributed by atoms with Gasteiger partial charge in [-0.3, -0.25) is 0 Å². The average molecular weight is 402 g/mol. The van der Waals surface area contributed by atoms with E-state index in [0.29, 0.717) is 16.7 Å². The second-order valence-electron chi connectivity index (χ2n) is 5.80. The van der Waals surface area contributed by atoms with Gasteiger partial charge in [0.15, 0.2) is 5.96 Å². The number of hydrogen-bond acceptors (Lipinski definition) is 3. The van der Waals surface area contributed by atoms with Crippen LogP contribution in [0.2, 0.25) is 10.2 Å². The molecular formula is C17H25Cl2N5S. The molecule has 5 nitrogen and oxygen atoms in total. The minimum absolute atomic E-state index is 0.524. The number of hydrogen-bond donors (Lipinski definition) is 2. The molecule has 138 valence electrons. The van der Waals surface area contributed by atoms with E-state index < -0.39 is 0 Å². The third kappa shape index (κ3) is 6.20. The lowest BCUT2D eigenvalue weighted by atomic mass is 10.2. The lowest BCUT2D eigenvalue weighted by molar-refractivity contribution is 0.691. The molecule has 0 atom stereocenters. The number of aromatic nitrogens is 2. The van der Waals surface area contributed by atoms with E-state index in [1.807, 2.05) is 24.6 Å². The lowest BCUT2D eigenvalue weighted by Crippen LogP contribution is -2.37. The number of rotatable bonds is 8. The number of aliphatic imine (C=N–C) groups is 1. The van der Waals surface area contributed by atoms with Gasteiger partial charge >= 0.3 is 0 Å². The maximum Gasteiger partial charge on any atom is 0.191 e. The van der Waals surface area contributed by atoms with Gasteiger partial charge in [-0.2, -0.15) is 0 Å². The Morgan fingerprint density at radius 1 is 1.32 bits per heavy atom. The zero-order chi connectivity index (χ0) is 18.2. The van der Waals surface area contributed by atoms with E-state index in [4.69, 9.17) is 23.2 Å². The molecule has 0 saturated heterocycles. The normalized spacial score (nSPS) is 11.8. The van der Waals surface area contributed by atoms with Gasteiger partial charge in [0.1, 0.15) is 5.15 Å². The van der Waals surface area contributed by atoms with Gasteiger partial charge in [0.2, 0.25) is 0 Å². The van der Waals surface area contributed by atoms with Crippen molar-refractivity contribution >= 4 is 40.5 Å². The molecule has 0 aliphatic carbocycles. The number of halogens is 2. The molecule has 2 aromatic heterocycles. The van der Waals surface area contributed by atoms with Gasteiger partial charge < -0.3 is 15.2 Å². The fourth-order valence-electron chi connectivity index (χ4n) is 2.37. The van der Waals surface area contributed by atoms with Crippen molar-refractivity contribution in [2.45, 2.75) is 39.7 Å². The first-order valence-electron chi connectivity index (χ1n) is 8.44. The summed E-state index contributed by atoms with van der Waals surface area (Å²) in [5.41, 5.74) is 2.09. The third-order valence-electron chi connectivity index (χ3n) is 3.74. The zero-order valence-corrected chi connectivity index (χ0v) is 17.2. The molecule has 0 aromatic carbocycles. The van der Waals surface area contributed by atoms with Crippen molar-refractivity contribution in [2.24, 2.45) is 12.0 Å². The molecule has 0 saturated carbocycles. The number of nitrogens with zero attached hydrogens (tertiary/aromatic N) is 3. The van der Waals surface area contributed by atoms with Crippen LogP contribution in [0.5, 0.6) is 0 Å². The zero-order valence-electron chi connectivity index (χ0n) is 14.9. The first kappa shape index (κ1) is 20.1. The first-order valence-corrected chi connectivity index (χ1v) is 10.1. The maximum atomic E-state index is 6.09. The van der Waals surface area contributed by atoms with Crippen LogP contribution in [0.1, 0.15) is 36.2 Å². The fourth-order valence-corrected chi connectivity index (χ4v) is 3.60. The molecule has 8 heteroatoms. The molecule has 2 heterocycles. The number of nitrogens with one attached hydrogen (secondary N) is 2. The van der Waals surface area contributed by atoms with Gasteiger partial charge in [-0.25, -0.2) is 9.98 Å². The highest BCUT2D eigenvalue weighted by atomic mass is 35.5. The van der Waals surface area contributed by atoms with Crippen molar-refractivity contribution in [3.05, 3.63) is 38.0 Å². The van der Waals surface area contributed by atoms with Gasteiger partial charge in [-0.05, 0) is 39.2 Å². The molecule has 0 fully saturated rings. The summed E-state index contributed by atoms with van der Waals surface area (Å²) in [4.78, 5) is 9.10. The van der Waals surface area contributed by atoms with E-state index in [-0.39, 0.29) is 0 Å². The van der Waals surface area contributed by atoms with Crippen LogP contribution in [0, 0.1) is 6.92 Å². The third-order valence-corrected chi connectivity index (χ3v) is 5.60. The number of guanidine groups is 1. The maximum absolute atomic E-state index is 6.09. The Labute approximate surface area is 163 Å². The molecule has 0 radical (unpaired) electrons. The van der Waals surface area contributed by atoms with Crippen molar-refractivity contribution in [3.63, 3.8) is 0 Å². The summed E-state index contributed by atoms with van der Waals surface area (Å²) in [5, 5.41) is 11.1. The molecule has 0 unspecified atom stereocenters. The second-order valence-corrected chi connectivity index (χ2v) is 7.50. The molecule has 25 heavy (non-hydrogen) atoms. The monoisotopic (exact) mass is 401 g/mol. The highest BCUT2D eigenvalue weighted by Gasteiger charge is 2.08. The molecule has 0 spiro atoms. The predicted molar refractivity (Wildman–Crippen MR) is 108 cm³/mol. The van der Waals surface area contributed by atoms with Gasteiger partial charge in [-0.15, -0.1) is 11.3 Å². The first-order chi connectivity index (χ1) is 12.0. The van der Waals surface area contributed by atoms with Crippen molar-refractivity contribution in [1.82, 2.24) is 20.2 Å². The highest BCUT2D eigenvalue weighted by Crippen LogP contribution is 2.25. The SMILES string of the molecule is CCNC(=NCc1cc(Cl)c(Cl)n1C)NCCCCc1nc(C)cs1. The molecule has 0 bridgehead atoms. The van der Waals surface area contributed by atoms with Gasteiger partial charge in [0.05, 0.1) is 16.6 Å². The predicted octanol–water partition coefficient (Wildman–Crippen LogP) is 4.17. The fraction of sp³-hybridized carbons (Fsp3) is 0.529.